The number of aromatic nitrogens is 3. The van der Waals surface area contributed by atoms with E-state index in [-0.39, 0.29) is 11.9 Å². The van der Waals surface area contributed by atoms with E-state index in [2.05, 4.69) is 61.5 Å². The molecule has 1 atom stereocenters. The number of methoxy groups -OCH3 is 1. The van der Waals surface area contributed by atoms with Gasteiger partial charge < -0.3 is 19.9 Å². The lowest BCUT2D eigenvalue weighted by Gasteiger charge is -2.49. The lowest BCUT2D eigenvalue weighted by Crippen LogP contribution is -2.58. The fourth-order valence-electron chi connectivity index (χ4n) is 6.52. The maximum atomic E-state index is 12.3. The molecule has 0 unspecified atom stereocenters. The van der Waals surface area contributed by atoms with E-state index in [9.17, 15) is 4.79 Å². The van der Waals surface area contributed by atoms with Gasteiger partial charge >= 0.3 is 5.97 Å². The van der Waals surface area contributed by atoms with Crippen LogP contribution in [0.5, 0.6) is 0 Å². The highest BCUT2D eigenvalue weighted by molar-refractivity contribution is 5.70. The standard InChI is InChI=1S/C30H38N6O2/c1-21-15-32-29(33-21)24-6-3-5-23(13-24)25(14-27(37)38-2)16-36-19-30(20-36)10-12-35(18-30)17-26-9-8-22-7-4-11-31-28(22)34-26/h3,5-6,8-9,13,15,25H,4,7,10-12,14,16-20H2,1-2H3,(H,31,34)(H,32,33)/t25-/m1/s1. The van der Waals surface area contributed by atoms with Crippen LogP contribution in [0.2, 0.25) is 0 Å². The molecule has 3 aliphatic rings. The first-order valence-electron chi connectivity index (χ1n) is 13.8. The van der Waals surface area contributed by atoms with Crippen LogP contribution in [-0.2, 0) is 22.5 Å². The Hall–Kier alpha value is -3.23. The number of benzene rings is 1. The van der Waals surface area contributed by atoms with Gasteiger partial charge in [-0.25, -0.2) is 9.97 Å². The number of rotatable bonds is 8. The van der Waals surface area contributed by atoms with Gasteiger partial charge in [0.1, 0.15) is 11.6 Å². The van der Waals surface area contributed by atoms with Crippen molar-refractivity contribution in [1.29, 1.82) is 0 Å². The second kappa shape index (κ2) is 10.5. The predicted molar refractivity (Wildman–Crippen MR) is 148 cm³/mol. The van der Waals surface area contributed by atoms with Crippen molar-refractivity contribution in [3.63, 3.8) is 0 Å². The summed E-state index contributed by atoms with van der Waals surface area (Å²) in [5, 5.41) is 3.46. The zero-order valence-corrected chi connectivity index (χ0v) is 22.5. The molecule has 5 heterocycles. The number of hydrogen-bond donors (Lipinski definition) is 2. The Bertz CT molecular complexity index is 1300. The minimum absolute atomic E-state index is 0.0838. The summed E-state index contributed by atoms with van der Waals surface area (Å²) in [6, 6.07) is 12.9. The SMILES string of the molecule is COC(=O)C[C@H](CN1CC2(CCN(Cc3ccc4c(n3)NCCC4)C2)C1)c1cccc(-c2ncc(C)[nH]2)c1. The molecule has 2 aromatic heterocycles. The molecule has 0 radical (unpaired) electrons. The number of likely N-dealkylation sites (tertiary alicyclic amines) is 2. The van der Waals surface area contributed by atoms with Crippen molar-refractivity contribution in [3.8, 4) is 11.4 Å². The number of aromatic amines is 1. The smallest absolute Gasteiger partial charge is 0.306 e. The number of nitrogens with one attached hydrogen (secondary N) is 2. The average Bonchev–Trinajstić information content (AvgIpc) is 3.54. The van der Waals surface area contributed by atoms with Crippen LogP contribution in [0, 0.1) is 12.3 Å². The number of anilines is 1. The third-order valence-corrected chi connectivity index (χ3v) is 8.43. The molecular formula is C30H38N6O2. The Labute approximate surface area is 224 Å². The van der Waals surface area contributed by atoms with Crippen molar-refractivity contribution < 1.29 is 9.53 Å². The van der Waals surface area contributed by atoms with Gasteiger partial charge in [-0.15, -0.1) is 0 Å². The molecule has 2 fully saturated rings. The lowest BCUT2D eigenvalue weighted by molar-refractivity contribution is -0.141. The van der Waals surface area contributed by atoms with Crippen LogP contribution in [0.25, 0.3) is 11.4 Å². The Balaban J connectivity index is 1.08. The monoisotopic (exact) mass is 514 g/mol. The minimum atomic E-state index is -0.163. The molecular weight excluding hydrogens is 476 g/mol. The molecule has 2 saturated heterocycles. The molecule has 0 saturated carbocycles. The molecule has 6 rings (SSSR count). The summed E-state index contributed by atoms with van der Waals surface area (Å²) in [5.41, 5.74) is 6.10. The number of imidazole rings is 1. The number of ether oxygens (including phenoxy) is 1. The highest BCUT2D eigenvalue weighted by Gasteiger charge is 2.47. The van der Waals surface area contributed by atoms with E-state index in [0.29, 0.717) is 11.8 Å². The van der Waals surface area contributed by atoms with Gasteiger partial charge in [-0.2, -0.15) is 0 Å². The van der Waals surface area contributed by atoms with Gasteiger partial charge in [0.2, 0.25) is 0 Å². The maximum absolute atomic E-state index is 12.3. The van der Waals surface area contributed by atoms with E-state index in [1.54, 1.807) is 0 Å². The van der Waals surface area contributed by atoms with Crippen molar-refractivity contribution in [1.82, 2.24) is 24.8 Å². The van der Waals surface area contributed by atoms with Crippen LogP contribution < -0.4 is 5.32 Å². The Kier molecular flexibility index (Phi) is 6.93. The minimum Gasteiger partial charge on any atom is -0.469 e. The van der Waals surface area contributed by atoms with Gasteiger partial charge in [-0.1, -0.05) is 24.3 Å². The van der Waals surface area contributed by atoms with Gasteiger partial charge in [-0.3, -0.25) is 9.69 Å². The van der Waals surface area contributed by atoms with Crippen LogP contribution in [0.1, 0.15) is 47.7 Å². The molecule has 3 aromatic rings. The largest absolute Gasteiger partial charge is 0.469 e. The van der Waals surface area contributed by atoms with Crippen molar-refractivity contribution in [2.45, 2.75) is 45.1 Å². The molecule has 0 bridgehead atoms. The molecule has 1 aromatic carbocycles. The van der Waals surface area contributed by atoms with E-state index in [4.69, 9.17) is 9.72 Å². The van der Waals surface area contributed by atoms with Crippen LogP contribution in [0.4, 0.5) is 5.82 Å². The summed E-state index contributed by atoms with van der Waals surface area (Å²) in [6.45, 7) is 9.20. The first-order chi connectivity index (χ1) is 18.5. The highest BCUT2D eigenvalue weighted by Crippen LogP contribution is 2.41. The van der Waals surface area contributed by atoms with Crippen molar-refractivity contribution in [2.24, 2.45) is 5.41 Å². The number of fused-ring (bicyclic) bond motifs is 1. The number of hydrogen-bond acceptors (Lipinski definition) is 7. The van der Waals surface area contributed by atoms with Gasteiger partial charge in [0.15, 0.2) is 0 Å². The van der Waals surface area contributed by atoms with E-state index < -0.39 is 0 Å². The topological polar surface area (TPSA) is 86.4 Å². The number of H-pyrrole nitrogens is 1. The quantitative estimate of drug-likeness (QED) is 0.440. The lowest BCUT2D eigenvalue weighted by atomic mass is 9.78. The molecule has 3 aliphatic heterocycles. The molecule has 0 amide bonds. The summed E-state index contributed by atoms with van der Waals surface area (Å²) in [5.74, 6) is 1.86. The molecule has 1 spiro atoms. The van der Waals surface area contributed by atoms with E-state index in [1.807, 2.05) is 13.1 Å². The summed E-state index contributed by atoms with van der Waals surface area (Å²) < 4.78 is 5.06. The van der Waals surface area contributed by atoms with Crippen LogP contribution in [-0.4, -0.2) is 77.1 Å². The molecule has 0 aliphatic carbocycles. The second-order valence-electron chi connectivity index (χ2n) is 11.5. The normalized spacial score (nSPS) is 19.5. The van der Waals surface area contributed by atoms with E-state index >= 15 is 0 Å². The van der Waals surface area contributed by atoms with Gasteiger partial charge in [0, 0.05) is 68.1 Å². The third kappa shape index (κ3) is 5.33. The highest BCUT2D eigenvalue weighted by atomic mass is 16.5. The third-order valence-electron chi connectivity index (χ3n) is 8.43. The van der Waals surface area contributed by atoms with Crippen LogP contribution in [0.3, 0.4) is 0 Å². The molecule has 38 heavy (non-hydrogen) atoms. The fraction of sp³-hybridized carbons (Fsp3) is 0.500. The molecule has 8 heteroatoms. The number of esters is 1. The maximum Gasteiger partial charge on any atom is 0.306 e. The van der Waals surface area contributed by atoms with Crippen molar-refractivity contribution >= 4 is 11.8 Å². The van der Waals surface area contributed by atoms with Crippen molar-refractivity contribution in [3.05, 3.63) is 65.1 Å². The zero-order chi connectivity index (χ0) is 26.1. The molecule has 2 N–H and O–H groups in total. The van der Waals surface area contributed by atoms with Gasteiger partial charge in [0.05, 0.1) is 19.2 Å². The zero-order valence-electron chi connectivity index (χ0n) is 22.5. The number of nitrogens with zero attached hydrogens (tertiary/aromatic N) is 4. The summed E-state index contributed by atoms with van der Waals surface area (Å²) in [6.07, 6.45) is 5.76. The molecule has 8 nitrogen and oxygen atoms in total. The number of carbonyl (C=O) groups is 1. The van der Waals surface area contributed by atoms with Gasteiger partial charge in [0.25, 0.3) is 0 Å². The second-order valence-corrected chi connectivity index (χ2v) is 11.5. The molecule has 200 valence electrons. The van der Waals surface area contributed by atoms with Gasteiger partial charge in [-0.05, 0) is 56.0 Å². The van der Waals surface area contributed by atoms with Crippen molar-refractivity contribution in [2.75, 3.05) is 51.7 Å². The number of pyridine rings is 1. The predicted octanol–water partition coefficient (Wildman–Crippen LogP) is 3.99. The first kappa shape index (κ1) is 25.1. The number of aryl methyl sites for hydroxylation is 2. The summed E-state index contributed by atoms with van der Waals surface area (Å²) >= 11 is 0. The summed E-state index contributed by atoms with van der Waals surface area (Å²) in [7, 11) is 1.47. The summed E-state index contributed by atoms with van der Waals surface area (Å²) in [4.78, 5) is 30.1. The van der Waals surface area contributed by atoms with Crippen LogP contribution >= 0.6 is 0 Å². The average molecular weight is 515 g/mol. The number of carbonyl (C=O) groups excluding carboxylic acids is 1. The fourth-order valence-corrected chi connectivity index (χ4v) is 6.52. The van der Waals surface area contributed by atoms with E-state index in [0.717, 1.165) is 86.4 Å². The Morgan fingerprint density at radius 3 is 2.87 bits per heavy atom. The Morgan fingerprint density at radius 2 is 2.05 bits per heavy atom. The van der Waals surface area contributed by atoms with Crippen LogP contribution in [0.15, 0.2) is 42.6 Å². The Morgan fingerprint density at radius 1 is 1.18 bits per heavy atom. The van der Waals surface area contributed by atoms with E-state index in [1.165, 1.54) is 25.5 Å². The first-order valence-corrected chi connectivity index (χ1v) is 13.8.